The van der Waals surface area contributed by atoms with Crippen LogP contribution in [0.3, 0.4) is 0 Å². The molecule has 4 nitrogen and oxygen atoms in total. The van der Waals surface area contributed by atoms with Crippen molar-refractivity contribution in [3.63, 3.8) is 0 Å². The maximum Gasteiger partial charge on any atom is 0.238 e. The Labute approximate surface area is 140 Å². The first-order valence-corrected chi connectivity index (χ1v) is 8.55. The van der Waals surface area contributed by atoms with Crippen molar-refractivity contribution in [2.45, 2.75) is 26.2 Å². The minimum atomic E-state index is 0.0453. The second-order valence-corrected chi connectivity index (χ2v) is 7.01. The molecule has 1 amide bonds. The summed E-state index contributed by atoms with van der Waals surface area (Å²) in [6, 6.07) is 6.02. The van der Waals surface area contributed by atoms with Crippen molar-refractivity contribution in [2.75, 3.05) is 31.6 Å². The van der Waals surface area contributed by atoms with Gasteiger partial charge in [0.05, 0.1) is 6.54 Å². The summed E-state index contributed by atoms with van der Waals surface area (Å²) in [6.07, 6.45) is 3.11. The van der Waals surface area contributed by atoms with Gasteiger partial charge in [-0.2, -0.15) is 0 Å². The van der Waals surface area contributed by atoms with Gasteiger partial charge in [0.1, 0.15) is 0 Å². The van der Waals surface area contributed by atoms with Gasteiger partial charge in [0.15, 0.2) is 0 Å². The van der Waals surface area contributed by atoms with E-state index in [9.17, 15) is 4.79 Å². The molecule has 1 aliphatic rings. The number of halogens is 1. The Morgan fingerprint density at radius 3 is 3.05 bits per heavy atom. The zero-order valence-corrected chi connectivity index (χ0v) is 14.6. The summed E-state index contributed by atoms with van der Waals surface area (Å²) >= 11 is 2.27. The average molecular weight is 402 g/mol. The summed E-state index contributed by atoms with van der Waals surface area (Å²) in [7, 11) is 0. The highest BCUT2D eigenvalue weighted by molar-refractivity contribution is 14.1. The molecular weight excluding hydrogens is 379 g/mol. The predicted octanol–water partition coefficient (Wildman–Crippen LogP) is 2.63. The van der Waals surface area contributed by atoms with Crippen molar-refractivity contribution in [2.24, 2.45) is 5.92 Å². The van der Waals surface area contributed by atoms with E-state index in [1.807, 2.05) is 19.1 Å². The molecule has 2 rings (SSSR count). The first kappa shape index (κ1) is 16.7. The molecule has 0 spiro atoms. The minimum absolute atomic E-state index is 0.0453. The first-order valence-electron chi connectivity index (χ1n) is 7.47. The van der Waals surface area contributed by atoms with Crippen LogP contribution in [0.1, 0.15) is 24.8 Å². The van der Waals surface area contributed by atoms with Crippen LogP contribution in [-0.4, -0.2) is 42.2 Å². The molecule has 1 unspecified atom stereocenters. The van der Waals surface area contributed by atoms with Gasteiger partial charge >= 0.3 is 0 Å². The molecule has 1 fully saturated rings. The van der Waals surface area contributed by atoms with E-state index in [-0.39, 0.29) is 12.5 Å². The summed E-state index contributed by atoms with van der Waals surface area (Å²) in [5.74, 6) is 0.570. The molecule has 1 atom stereocenters. The van der Waals surface area contributed by atoms with E-state index >= 15 is 0 Å². The highest BCUT2D eigenvalue weighted by Gasteiger charge is 2.21. The van der Waals surface area contributed by atoms with Crippen molar-refractivity contribution in [3.8, 4) is 0 Å². The summed E-state index contributed by atoms with van der Waals surface area (Å²) < 4.78 is 1.17. The maximum absolute atomic E-state index is 12.2. The van der Waals surface area contributed by atoms with Crippen LogP contribution in [0.5, 0.6) is 0 Å². The Morgan fingerprint density at radius 1 is 1.52 bits per heavy atom. The van der Waals surface area contributed by atoms with Crippen LogP contribution in [0.2, 0.25) is 0 Å². The van der Waals surface area contributed by atoms with Gasteiger partial charge in [-0.1, -0.05) is 0 Å². The number of benzene rings is 1. The average Bonchev–Trinajstić information content (AvgIpc) is 2.43. The molecule has 1 heterocycles. The molecule has 1 aliphatic heterocycles. The van der Waals surface area contributed by atoms with Gasteiger partial charge in [-0.25, -0.2) is 0 Å². The minimum Gasteiger partial charge on any atom is -0.396 e. The molecule has 116 valence electrons. The molecule has 0 aromatic heterocycles. The number of anilines is 1. The third-order valence-electron chi connectivity index (χ3n) is 3.97. The van der Waals surface area contributed by atoms with E-state index in [1.165, 1.54) is 3.57 Å². The van der Waals surface area contributed by atoms with Crippen molar-refractivity contribution in [3.05, 3.63) is 27.3 Å². The highest BCUT2D eigenvalue weighted by Crippen LogP contribution is 2.20. The number of nitrogens with zero attached hydrogens (tertiary/aromatic N) is 1. The maximum atomic E-state index is 12.2. The molecule has 5 heteroatoms. The van der Waals surface area contributed by atoms with Gasteiger partial charge in [-0.05, 0) is 85.0 Å². The smallest absolute Gasteiger partial charge is 0.238 e. The van der Waals surface area contributed by atoms with Crippen LogP contribution in [0.25, 0.3) is 0 Å². The van der Waals surface area contributed by atoms with Crippen LogP contribution in [0.4, 0.5) is 5.69 Å². The Hall–Kier alpha value is -0.660. The molecule has 1 saturated heterocycles. The number of rotatable bonds is 5. The van der Waals surface area contributed by atoms with Gasteiger partial charge in [-0.15, -0.1) is 0 Å². The van der Waals surface area contributed by atoms with Crippen molar-refractivity contribution < 1.29 is 9.90 Å². The number of carbonyl (C=O) groups is 1. The second kappa shape index (κ2) is 8.10. The number of hydrogen-bond acceptors (Lipinski definition) is 3. The SMILES string of the molecule is Cc1cc(I)ccc1NC(=O)CN1CCCC(CCO)C1. The topological polar surface area (TPSA) is 52.6 Å². The quantitative estimate of drug-likeness (QED) is 0.745. The van der Waals surface area contributed by atoms with E-state index in [2.05, 4.69) is 38.9 Å². The van der Waals surface area contributed by atoms with Crippen LogP contribution in [0, 0.1) is 16.4 Å². The Bertz CT molecular complexity index is 491. The normalized spacial score (nSPS) is 19.5. The van der Waals surface area contributed by atoms with E-state index in [0.29, 0.717) is 12.5 Å². The van der Waals surface area contributed by atoms with Crippen LogP contribution >= 0.6 is 22.6 Å². The van der Waals surface area contributed by atoms with Crippen LogP contribution in [-0.2, 0) is 4.79 Å². The Morgan fingerprint density at radius 2 is 2.33 bits per heavy atom. The zero-order valence-electron chi connectivity index (χ0n) is 12.4. The number of piperidine rings is 1. The first-order chi connectivity index (χ1) is 10.1. The van der Waals surface area contributed by atoms with Gasteiger partial charge in [0, 0.05) is 22.4 Å². The fourth-order valence-corrected chi connectivity index (χ4v) is 3.52. The summed E-state index contributed by atoms with van der Waals surface area (Å²) in [5, 5.41) is 12.0. The Balaban J connectivity index is 1.86. The predicted molar refractivity (Wildman–Crippen MR) is 93.4 cm³/mol. The highest BCUT2D eigenvalue weighted by atomic mass is 127. The number of aryl methyl sites for hydroxylation is 1. The van der Waals surface area contributed by atoms with Crippen LogP contribution < -0.4 is 5.32 Å². The monoisotopic (exact) mass is 402 g/mol. The number of amides is 1. The van der Waals surface area contributed by atoms with E-state index < -0.39 is 0 Å². The lowest BCUT2D eigenvalue weighted by atomic mass is 9.95. The van der Waals surface area contributed by atoms with Gasteiger partial charge in [0.25, 0.3) is 0 Å². The lowest BCUT2D eigenvalue weighted by Crippen LogP contribution is -2.40. The largest absolute Gasteiger partial charge is 0.396 e. The number of hydrogen-bond donors (Lipinski definition) is 2. The fourth-order valence-electron chi connectivity index (χ4n) is 2.87. The molecule has 0 saturated carbocycles. The number of likely N-dealkylation sites (tertiary alicyclic amines) is 1. The molecule has 0 bridgehead atoms. The third-order valence-corrected chi connectivity index (χ3v) is 4.64. The lowest BCUT2D eigenvalue weighted by molar-refractivity contribution is -0.117. The molecule has 0 radical (unpaired) electrons. The van der Waals surface area contributed by atoms with E-state index in [4.69, 9.17) is 5.11 Å². The van der Waals surface area contributed by atoms with Crippen molar-refractivity contribution >= 4 is 34.2 Å². The number of nitrogens with one attached hydrogen (secondary N) is 1. The number of aliphatic hydroxyl groups excluding tert-OH is 1. The summed E-state index contributed by atoms with van der Waals surface area (Å²) in [6.45, 7) is 4.58. The standard InChI is InChI=1S/C16H23IN2O2/c1-12-9-14(17)4-5-15(12)18-16(21)11-19-7-2-3-13(10-19)6-8-20/h4-5,9,13,20H,2-3,6-8,10-11H2,1H3,(H,18,21). The summed E-state index contributed by atoms with van der Waals surface area (Å²) in [5.41, 5.74) is 1.98. The zero-order chi connectivity index (χ0) is 15.2. The van der Waals surface area contributed by atoms with Gasteiger partial charge in [0.2, 0.25) is 5.91 Å². The van der Waals surface area contributed by atoms with E-state index in [1.54, 1.807) is 0 Å². The second-order valence-electron chi connectivity index (χ2n) is 5.76. The number of aliphatic hydroxyl groups is 1. The molecular formula is C16H23IN2O2. The molecule has 21 heavy (non-hydrogen) atoms. The molecule has 1 aromatic carbocycles. The molecule has 1 aromatic rings. The Kier molecular flexibility index (Phi) is 6.44. The lowest BCUT2D eigenvalue weighted by Gasteiger charge is -2.31. The fraction of sp³-hybridized carbons (Fsp3) is 0.562. The van der Waals surface area contributed by atoms with Crippen molar-refractivity contribution in [1.82, 2.24) is 4.90 Å². The third kappa shape index (κ3) is 5.23. The molecule has 2 N–H and O–H groups in total. The number of carbonyl (C=O) groups excluding carboxylic acids is 1. The van der Waals surface area contributed by atoms with Gasteiger partial charge < -0.3 is 10.4 Å². The van der Waals surface area contributed by atoms with E-state index in [0.717, 1.165) is 43.6 Å². The van der Waals surface area contributed by atoms with Gasteiger partial charge in [-0.3, -0.25) is 9.69 Å². The summed E-state index contributed by atoms with van der Waals surface area (Å²) in [4.78, 5) is 14.4. The molecule has 0 aliphatic carbocycles. The van der Waals surface area contributed by atoms with Crippen molar-refractivity contribution in [1.29, 1.82) is 0 Å². The van der Waals surface area contributed by atoms with Crippen LogP contribution in [0.15, 0.2) is 18.2 Å².